The summed E-state index contributed by atoms with van der Waals surface area (Å²) in [5.74, 6) is -3.24. The molecule has 138 valence electrons. The maximum Gasteiger partial charge on any atom is 0.351 e. The van der Waals surface area contributed by atoms with Crippen molar-refractivity contribution in [2.45, 2.75) is 18.2 Å². The minimum Gasteiger partial charge on any atom is -0.465 e. The number of halogens is 2. The van der Waals surface area contributed by atoms with E-state index in [0.717, 1.165) is 37.4 Å². The molecule has 0 unspecified atom stereocenters. The van der Waals surface area contributed by atoms with Gasteiger partial charge in [0.25, 0.3) is 0 Å². The van der Waals surface area contributed by atoms with Gasteiger partial charge in [0.1, 0.15) is 0 Å². The number of methoxy groups -OCH3 is 1. The summed E-state index contributed by atoms with van der Waals surface area (Å²) in [5, 5.41) is 2.48. The molecule has 5 nitrogen and oxygen atoms in total. The number of hydrogen-bond acceptors (Lipinski definition) is 5. The number of benzene rings is 2. The van der Waals surface area contributed by atoms with Gasteiger partial charge in [0.05, 0.1) is 12.0 Å². The highest BCUT2D eigenvalue weighted by Crippen LogP contribution is 2.22. The topological polar surface area (TPSA) is 72.5 Å². The van der Waals surface area contributed by atoms with Crippen molar-refractivity contribution in [3.05, 3.63) is 70.8 Å². The first-order valence-corrected chi connectivity index (χ1v) is 9.12. The van der Waals surface area contributed by atoms with Crippen LogP contribution in [0.5, 0.6) is 0 Å². The van der Waals surface area contributed by atoms with Crippen LogP contribution in [0.25, 0.3) is 0 Å². The fourth-order valence-corrected chi connectivity index (χ4v) is 3.38. The number of carbonyl (C=O) groups excluding carboxylic acids is 1. The van der Waals surface area contributed by atoms with E-state index >= 15 is 0 Å². The van der Waals surface area contributed by atoms with E-state index in [1.807, 2.05) is 6.92 Å². The van der Waals surface area contributed by atoms with Crippen molar-refractivity contribution in [2.24, 2.45) is 0 Å². The third-order valence-corrected chi connectivity index (χ3v) is 5.36. The van der Waals surface area contributed by atoms with Gasteiger partial charge in [-0.3, -0.25) is 0 Å². The Bertz CT molecular complexity index is 938. The standard InChI is InChI=1S/C18H17F2NO4S/c1-3-12-4-7-14(8-5-12)26(23,24)17(18(22)25-2)11-21-13-6-9-15(19)16(20)10-13/h4-11,21H,3H2,1-2H3/b17-11-. The number of anilines is 1. The normalized spacial score (nSPS) is 11.9. The molecule has 0 saturated carbocycles. The summed E-state index contributed by atoms with van der Waals surface area (Å²) in [6.45, 7) is 1.93. The molecule has 0 radical (unpaired) electrons. The summed E-state index contributed by atoms with van der Waals surface area (Å²) in [7, 11) is -3.12. The number of carbonyl (C=O) groups is 1. The first-order valence-electron chi connectivity index (χ1n) is 7.63. The molecule has 0 heterocycles. The molecular formula is C18H17F2NO4S. The quantitative estimate of drug-likeness (QED) is 0.613. The van der Waals surface area contributed by atoms with Crippen LogP contribution >= 0.6 is 0 Å². The maximum atomic E-state index is 13.3. The molecule has 0 aliphatic heterocycles. The van der Waals surface area contributed by atoms with Crippen LogP contribution in [-0.4, -0.2) is 21.5 Å². The largest absolute Gasteiger partial charge is 0.465 e. The molecule has 2 aromatic rings. The van der Waals surface area contributed by atoms with Gasteiger partial charge in [0.15, 0.2) is 16.5 Å². The van der Waals surface area contributed by atoms with Crippen molar-refractivity contribution in [3.8, 4) is 0 Å². The Morgan fingerprint density at radius 1 is 1.12 bits per heavy atom. The Morgan fingerprint density at radius 3 is 2.31 bits per heavy atom. The maximum absolute atomic E-state index is 13.3. The van der Waals surface area contributed by atoms with Gasteiger partial charge >= 0.3 is 5.97 Å². The van der Waals surface area contributed by atoms with Crippen LogP contribution in [-0.2, 0) is 25.8 Å². The molecule has 0 aliphatic rings. The Morgan fingerprint density at radius 2 is 1.77 bits per heavy atom. The minimum absolute atomic E-state index is 0.0711. The van der Waals surface area contributed by atoms with Gasteiger partial charge in [-0.15, -0.1) is 0 Å². The van der Waals surface area contributed by atoms with E-state index in [9.17, 15) is 22.0 Å². The van der Waals surface area contributed by atoms with Crippen molar-refractivity contribution < 1.29 is 26.7 Å². The van der Waals surface area contributed by atoms with Crippen molar-refractivity contribution >= 4 is 21.5 Å². The summed E-state index contributed by atoms with van der Waals surface area (Å²) in [4.78, 5) is 11.2. The first-order chi connectivity index (χ1) is 12.3. The Labute approximate surface area is 150 Å². The molecule has 0 amide bonds. The first kappa shape index (κ1) is 19.6. The van der Waals surface area contributed by atoms with Crippen LogP contribution in [0, 0.1) is 11.6 Å². The zero-order valence-electron chi connectivity index (χ0n) is 14.1. The lowest BCUT2D eigenvalue weighted by Gasteiger charge is -2.09. The average Bonchev–Trinajstić information content (AvgIpc) is 2.64. The molecule has 0 saturated heterocycles. The number of hydrogen-bond donors (Lipinski definition) is 1. The zero-order valence-corrected chi connectivity index (χ0v) is 14.9. The lowest BCUT2D eigenvalue weighted by atomic mass is 10.2. The van der Waals surface area contributed by atoms with E-state index in [2.05, 4.69) is 10.1 Å². The summed E-state index contributed by atoms with van der Waals surface area (Å²) in [5.41, 5.74) is 1.01. The van der Waals surface area contributed by atoms with Crippen molar-refractivity contribution in [2.75, 3.05) is 12.4 Å². The van der Waals surface area contributed by atoms with Crippen LogP contribution in [0.2, 0.25) is 0 Å². The summed E-state index contributed by atoms with van der Waals surface area (Å²) >= 11 is 0. The minimum atomic E-state index is -4.17. The molecule has 26 heavy (non-hydrogen) atoms. The molecule has 2 aromatic carbocycles. The lowest BCUT2D eigenvalue weighted by Crippen LogP contribution is -2.17. The second-order valence-electron chi connectivity index (χ2n) is 5.27. The third-order valence-electron chi connectivity index (χ3n) is 3.61. The van der Waals surface area contributed by atoms with Gasteiger partial charge in [-0.25, -0.2) is 22.0 Å². The number of rotatable bonds is 6. The van der Waals surface area contributed by atoms with E-state index in [1.54, 1.807) is 12.1 Å². The van der Waals surface area contributed by atoms with Crippen LogP contribution < -0.4 is 5.32 Å². The van der Waals surface area contributed by atoms with Gasteiger partial charge in [-0.1, -0.05) is 19.1 Å². The smallest absolute Gasteiger partial charge is 0.351 e. The number of esters is 1. The van der Waals surface area contributed by atoms with E-state index in [4.69, 9.17) is 0 Å². The van der Waals surface area contributed by atoms with Gasteiger partial charge in [0, 0.05) is 18.0 Å². The van der Waals surface area contributed by atoms with Crippen LogP contribution in [0.15, 0.2) is 58.5 Å². The Hall–Kier alpha value is -2.74. The summed E-state index contributed by atoms with van der Waals surface area (Å²) in [6, 6.07) is 8.98. The lowest BCUT2D eigenvalue weighted by molar-refractivity contribution is -0.135. The van der Waals surface area contributed by atoms with Crippen LogP contribution in [0.4, 0.5) is 14.5 Å². The SMILES string of the molecule is CCc1ccc(S(=O)(=O)/C(=C\Nc2ccc(F)c(F)c2)C(=O)OC)cc1. The fraction of sp³-hybridized carbons (Fsp3) is 0.167. The van der Waals surface area contributed by atoms with E-state index in [1.165, 1.54) is 18.2 Å². The van der Waals surface area contributed by atoms with E-state index in [-0.39, 0.29) is 10.6 Å². The fourth-order valence-electron chi connectivity index (χ4n) is 2.11. The summed E-state index contributed by atoms with van der Waals surface area (Å²) < 4.78 is 56.2. The molecule has 0 atom stereocenters. The van der Waals surface area contributed by atoms with Gasteiger partial charge in [-0.05, 0) is 36.2 Å². The molecule has 8 heteroatoms. The molecule has 2 rings (SSSR count). The number of ether oxygens (including phenoxy) is 1. The van der Waals surface area contributed by atoms with Crippen LogP contribution in [0.3, 0.4) is 0 Å². The summed E-state index contributed by atoms with van der Waals surface area (Å²) in [6.07, 6.45) is 1.62. The van der Waals surface area contributed by atoms with Gasteiger partial charge in [0.2, 0.25) is 9.84 Å². The molecule has 0 fully saturated rings. The number of nitrogens with one attached hydrogen (secondary N) is 1. The highest BCUT2D eigenvalue weighted by molar-refractivity contribution is 7.96. The number of sulfone groups is 1. The molecule has 0 spiro atoms. The molecule has 1 N–H and O–H groups in total. The van der Waals surface area contributed by atoms with Crippen molar-refractivity contribution in [3.63, 3.8) is 0 Å². The molecule has 0 aromatic heterocycles. The Kier molecular flexibility index (Phi) is 6.10. The average molecular weight is 381 g/mol. The predicted molar refractivity (Wildman–Crippen MR) is 93.1 cm³/mol. The van der Waals surface area contributed by atoms with Crippen molar-refractivity contribution in [1.82, 2.24) is 0 Å². The molecular weight excluding hydrogens is 364 g/mol. The molecule has 0 bridgehead atoms. The predicted octanol–water partition coefficient (Wildman–Crippen LogP) is 3.43. The van der Waals surface area contributed by atoms with Gasteiger partial charge < -0.3 is 10.1 Å². The third kappa shape index (κ3) is 4.26. The second kappa shape index (κ2) is 8.09. The molecule has 0 aliphatic carbocycles. The van der Waals surface area contributed by atoms with Crippen molar-refractivity contribution in [1.29, 1.82) is 0 Å². The highest BCUT2D eigenvalue weighted by atomic mass is 32.2. The van der Waals surface area contributed by atoms with E-state index in [0.29, 0.717) is 0 Å². The number of aryl methyl sites for hydroxylation is 1. The van der Waals surface area contributed by atoms with E-state index < -0.39 is 32.3 Å². The van der Waals surface area contributed by atoms with Gasteiger partial charge in [-0.2, -0.15) is 0 Å². The van der Waals surface area contributed by atoms with Crippen LogP contribution in [0.1, 0.15) is 12.5 Å². The highest BCUT2D eigenvalue weighted by Gasteiger charge is 2.28. The Balaban J connectivity index is 2.41. The second-order valence-corrected chi connectivity index (χ2v) is 7.19. The monoisotopic (exact) mass is 381 g/mol. The zero-order chi connectivity index (χ0) is 19.3.